The molecule has 0 atom stereocenters. The van der Waals surface area contributed by atoms with Crippen LogP contribution in [0.25, 0.3) is 0 Å². The molecule has 0 aliphatic carbocycles. The van der Waals surface area contributed by atoms with Crippen LogP contribution in [0, 0.1) is 19.7 Å². The second kappa shape index (κ2) is 8.45. The first-order valence-corrected chi connectivity index (χ1v) is 10.5. The van der Waals surface area contributed by atoms with Crippen LogP contribution >= 0.6 is 0 Å². The third-order valence-corrected chi connectivity index (χ3v) is 5.93. The highest BCUT2D eigenvalue weighted by atomic mass is 32.2. The smallest absolute Gasteiger partial charge is 0.262 e. The standard InChI is InChI=1S/C22H21FN2O3S/c1-15-10-11-16(2)21(12-15)29(27,28)25-19-8-5-7-17(13-19)22(26)24-14-18-6-3-4-9-20(18)23/h3-13,25H,14H2,1-2H3,(H,24,26). The number of amides is 1. The predicted molar refractivity (Wildman–Crippen MR) is 111 cm³/mol. The van der Waals surface area contributed by atoms with Gasteiger partial charge in [0.15, 0.2) is 0 Å². The Kier molecular flexibility index (Phi) is 5.98. The Bertz CT molecular complexity index is 1160. The van der Waals surface area contributed by atoms with Crippen LogP contribution < -0.4 is 10.0 Å². The molecule has 0 saturated carbocycles. The van der Waals surface area contributed by atoms with Crippen LogP contribution in [0.3, 0.4) is 0 Å². The van der Waals surface area contributed by atoms with Crippen molar-refractivity contribution in [2.24, 2.45) is 0 Å². The molecule has 0 fully saturated rings. The molecule has 0 heterocycles. The van der Waals surface area contributed by atoms with E-state index in [2.05, 4.69) is 10.0 Å². The van der Waals surface area contributed by atoms with Gasteiger partial charge in [-0.05, 0) is 55.3 Å². The first-order chi connectivity index (χ1) is 13.8. The third kappa shape index (κ3) is 5.00. The molecule has 3 aromatic rings. The van der Waals surface area contributed by atoms with E-state index in [-0.39, 0.29) is 22.7 Å². The Morgan fingerprint density at radius 1 is 0.966 bits per heavy atom. The lowest BCUT2D eigenvalue weighted by molar-refractivity contribution is 0.0950. The average molecular weight is 412 g/mol. The Labute approximate surface area is 169 Å². The first kappa shape index (κ1) is 20.5. The largest absolute Gasteiger partial charge is 0.348 e. The summed E-state index contributed by atoms with van der Waals surface area (Å²) in [5, 5.41) is 2.64. The second-order valence-corrected chi connectivity index (χ2v) is 8.38. The lowest BCUT2D eigenvalue weighted by Gasteiger charge is -2.12. The van der Waals surface area contributed by atoms with E-state index in [0.29, 0.717) is 11.1 Å². The minimum atomic E-state index is -3.80. The number of hydrogen-bond donors (Lipinski definition) is 2. The monoisotopic (exact) mass is 412 g/mol. The van der Waals surface area contributed by atoms with Gasteiger partial charge in [-0.15, -0.1) is 0 Å². The van der Waals surface area contributed by atoms with Gasteiger partial charge in [0.05, 0.1) is 4.90 Å². The van der Waals surface area contributed by atoms with Crippen molar-refractivity contribution in [2.45, 2.75) is 25.3 Å². The number of carbonyl (C=O) groups excluding carboxylic acids is 1. The summed E-state index contributed by atoms with van der Waals surface area (Å²) in [6.45, 7) is 3.57. The fourth-order valence-electron chi connectivity index (χ4n) is 2.85. The van der Waals surface area contributed by atoms with Crippen molar-refractivity contribution in [3.8, 4) is 0 Å². The van der Waals surface area contributed by atoms with Gasteiger partial charge < -0.3 is 5.32 Å². The third-order valence-electron chi connectivity index (χ3n) is 4.41. The lowest BCUT2D eigenvalue weighted by Crippen LogP contribution is -2.23. The van der Waals surface area contributed by atoms with Crippen LogP contribution in [0.1, 0.15) is 27.0 Å². The number of carbonyl (C=O) groups is 1. The van der Waals surface area contributed by atoms with E-state index in [1.807, 2.05) is 13.0 Å². The summed E-state index contributed by atoms with van der Waals surface area (Å²) in [5.41, 5.74) is 2.36. The molecule has 7 heteroatoms. The van der Waals surface area contributed by atoms with Crippen molar-refractivity contribution in [1.82, 2.24) is 5.32 Å². The van der Waals surface area contributed by atoms with Gasteiger partial charge in [-0.3, -0.25) is 9.52 Å². The van der Waals surface area contributed by atoms with Gasteiger partial charge in [0.2, 0.25) is 0 Å². The molecule has 0 unspecified atom stereocenters. The molecular formula is C22H21FN2O3S. The van der Waals surface area contributed by atoms with E-state index >= 15 is 0 Å². The number of halogens is 1. The van der Waals surface area contributed by atoms with Crippen LogP contribution in [-0.2, 0) is 16.6 Å². The highest BCUT2D eigenvalue weighted by Gasteiger charge is 2.18. The number of aryl methyl sites for hydroxylation is 2. The van der Waals surface area contributed by atoms with E-state index in [0.717, 1.165) is 5.56 Å². The van der Waals surface area contributed by atoms with Crippen LogP contribution in [0.2, 0.25) is 0 Å². The van der Waals surface area contributed by atoms with Crippen molar-refractivity contribution in [1.29, 1.82) is 0 Å². The quantitative estimate of drug-likeness (QED) is 0.638. The van der Waals surface area contributed by atoms with Gasteiger partial charge in [0, 0.05) is 23.4 Å². The topological polar surface area (TPSA) is 75.3 Å². The van der Waals surface area contributed by atoms with Crippen molar-refractivity contribution in [3.05, 3.63) is 94.8 Å². The number of rotatable bonds is 6. The predicted octanol–water partition coefficient (Wildman–Crippen LogP) is 4.17. The number of nitrogens with one attached hydrogen (secondary N) is 2. The van der Waals surface area contributed by atoms with Gasteiger partial charge in [-0.25, -0.2) is 12.8 Å². The second-order valence-electron chi connectivity index (χ2n) is 6.73. The SMILES string of the molecule is Cc1ccc(C)c(S(=O)(=O)Nc2cccc(C(=O)NCc3ccccc3F)c2)c1. The molecule has 0 aromatic heterocycles. The summed E-state index contributed by atoms with van der Waals surface area (Å²) in [7, 11) is -3.80. The summed E-state index contributed by atoms with van der Waals surface area (Å²) in [6, 6.07) is 17.5. The Morgan fingerprint density at radius 3 is 2.48 bits per heavy atom. The number of hydrogen-bond acceptors (Lipinski definition) is 3. The van der Waals surface area contributed by atoms with E-state index in [9.17, 15) is 17.6 Å². The Morgan fingerprint density at radius 2 is 1.72 bits per heavy atom. The van der Waals surface area contributed by atoms with Crippen LogP contribution in [0.15, 0.2) is 71.6 Å². The molecule has 0 aliphatic heterocycles. The molecule has 2 N–H and O–H groups in total. The fraction of sp³-hybridized carbons (Fsp3) is 0.136. The van der Waals surface area contributed by atoms with Gasteiger partial charge in [0.1, 0.15) is 5.82 Å². The van der Waals surface area contributed by atoms with Crippen molar-refractivity contribution in [2.75, 3.05) is 4.72 Å². The minimum absolute atomic E-state index is 0.0317. The molecule has 0 radical (unpaired) electrons. The average Bonchev–Trinajstić information content (AvgIpc) is 2.68. The van der Waals surface area contributed by atoms with E-state index in [1.165, 1.54) is 12.1 Å². The van der Waals surface area contributed by atoms with E-state index < -0.39 is 21.7 Å². The maximum absolute atomic E-state index is 13.7. The summed E-state index contributed by atoms with van der Waals surface area (Å²) in [6.07, 6.45) is 0. The molecule has 150 valence electrons. The maximum atomic E-state index is 13.7. The summed E-state index contributed by atoms with van der Waals surface area (Å²) >= 11 is 0. The molecule has 0 aliphatic rings. The van der Waals surface area contributed by atoms with Gasteiger partial charge in [-0.2, -0.15) is 0 Å². The Balaban J connectivity index is 1.76. The zero-order valence-electron chi connectivity index (χ0n) is 16.1. The highest BCUT2D eigenvalue weighted by molar-refractivity contribution is 7.92. The fourth-order valence-corrected chi connectivity index (χ4v) is 4.23. The van der Waals surface area contributed by atoms with Crippen LogP contribution in [-0.4, -0.2) is 14.3 Å². The molecule has 3 aromatic carbocycles. The first-order valence-electron chi connectivity index (χ1n) is 8.98. The van der Waals surface area contributed by atoms with Gasteiger partial charge in [-0.1, -0.05) is 36.4 Å². The summed E-state index contributed by atoms with van der Waals surface area (Å²) < 4.78 is 41.7. The van der Waals surface area contributed by atoms with Crippen molar-refractivity contribution < 1.29 is 17.6 Å². The van der Waals surface area contributed by atoms with Gasteiger partial charge in [0.25, 0.3) is 15.9 Å². The molecule has 1 amide bonds. The van der Waals surface area contributed by atoms with Crippen molar-refractivity contribution in [3.63, 3.8) is 0 Å². The molecule has 0 spiro atoms. The summed E-state index contributed by atoms with van der Waals surface area (Å²) in [5.74, 6) is -0.830. The zero-order chi connectivity index (χ0) is 21.0. The molecule has 29 heavy (non-hydrogen) atoms. The highest BCUT2D eigenvalue weighted by Crippen LogP contribution is 2.21. The number of sulfonamides is 1. The van der Waals surface area contributed by atoms with Crippen LogP contribution in [0.4, 0.5) is 10.1 Å². The molecular weight excluding hydrogens is 391 g/mol. The van der Waals surface area contributed by atoms with E-state index in [4.69, 9.17) is 0 Å². The normalized spacial score (nSPS) is 11.1. The number of benzene rings is 3. The number of anilines is 1. The molecule has 0 bridgehead atoms. The van der Waals surface area contributed by atoms with E-state index in [1.54, 1.807) is 55.5 Å². The molecule has 3 rings (SSSR count). The van der Waals surface area contributed by atoms with Crippen LogP contribution in [0.5, 0.6) is 0 Å². The minimum Gasteiger partial charge on any atom is -0.348 e. The molecule has 5 nitrogen and oxygen atoms in total. The zero-order valence-corrected chi connectivity index (χ0v) is 16.9. The summed E-state index contributed by atoms with van der Waals surface area (Å²) in [4.78, 5) is 12.6. The lowest BCUT2D eigenvalue weighted by atomic mass is 10.1. The molecule has 0 saturated heterocycles. The maximum Gasteiger partial charge on any atom is 0.262 e. The van der Waals surface area contributed by atoms with Crippen molar-refractivity contribution >= 4 is 21.6 Å². The Hall–Kier alpha value is -3.19. The van der Waals surface area contributed by atoms with Gasteiger partial charge >= 0.3 is 0 Å².